The third-order valence-electron chi connectivity index (χ3n) is 4.05. The van der Waals surface area contributed by atoms with Crippen molar-refractivity contribution in [2.45, 2.75) is 18.4 Å². The summed E-state index contributed by atoms with van der Waals surface area (Å²) in [5, 5.41) is 7.51. The molecule has 0 spiro atoms. The van der Waals surface area contributed by atoms with Crippen LogP contribution in [0.2, 0.25) is 0 Å². The maximum absolute atomic E-state index is 12.4. The van der Waals surface area contributed by atoms with Crippen LogP contribution < -0.4 is 14.9 Å². The van der Waals surface area contributed by atoms with Crippen molar-refractivity contribution < 1.29 is 12.6 Å². The summed E-state index contributed by atoms with van der Waals surface area (Å²) in [7, 11) is -3.91. The van der Waals surface area contributed by atoms with Crippen molar-refractivity contribution in [2.24, 2.45) is 5.10 Å². The number of hydrazone groups is 1. The summed E-state index contributed by atoms with van der Waals surface area (Å²) in [4.78, 5) is 0.101. The minimum absolute atomic E-state index is 0.101. The molecule has 0 bridgehead atoms. The highest BCUT2D eigenvalue weighted by molar-refractivity contribution is 7.87. The molecule has 0 amide bonds. The Morgan fingerprint density at radius 3 is 2.50 bits per heavy atom. The van der Waals surface area contributed by atoms with E-state index in [1.807, 2.05) is 37.3 Å². The first-order chi connectivity index (χ1) is 14.4. The summed E-state index contributed by atoms with van der Waals surface area (Å²) in [5.74, 6) is 0.198. The average Bonchev–Trinajstić information content (AvgIpc) is 2.73. The fourth-order valence-electron chi connectivity index (χ4n) is 2.51. The van der Waals surface area contributed by atoms with Crippen molar-refractivity contribution in [2.75, 3.05) is 0 Å². The van der Waals surface area contributed by atoms with Crippen molar-refractivity contribution in [1.29, 1.82) is 0 Å². The number of nitrogens with zero attached hydrogens (tertiary/aromatic N) is 1. The van der Waals surface area contributed by atoms with Gasteiger partial charge in [0.1, 0.15) is 10.6 Å². The van der Waals surface area contributed by atoms with E-state index >= 15 is 0 Å². The highest BCUT2D eigenvalue weighted by atomic mass is 32.2. The van der Waals surface area contributed by atoms with Crippen molar-refractivity contribution in [3.8, 4) is 5.75 Å². The van der Waals surface area contributed by atoms with Gasteiger partial charge in [0, 0.05) is 6.54 Å². The molecule has 6 nitrogen and oxygen atoms in total. The molecule has 0 fully saturated rings. The Hall–Kier alpha value is -3.23. The Kier molecular flexibility index (Phi) is 7.16. The lowest BCUT2D eigenvalue weighted by atomic mass is 10.2. The number of rotatable bonds is 7. The van der Waals surface area contributed by atoms with Crippen LogP contribution in [-0.4, -0.2) is 19.7 Å². The van der Waals surface area contributed by atoms with Crippen molar-refractivity contribution >= 4 is 33.7 Å². The molecule has 0 radical (unpaired) electrons. The van der Waals surface area contributed by atoms with Crippen molar-refractivity contribution in [3.63, 3.8) is 0 Å². The predicted molar refractivity (Wildman–Crippen MR) is 122 cm³/mol. The van der Waals surface area contributed by atoms with E-state index in [1.54, 1.807) is 36.4 Å². The molecule has 0 aliphatic carbocycles. The van der Waals surface area contributed by atoms with Gasteiger partial charge in [-0.2, -0.15) is 13.5 Å². The Morgan fingerprint density at radius 1 is 1.03 bits per heavy atom. The molecule has 2 N–H and O–H groups in total. The van der Waals surface area contributed by atoms with Gasteiger partial charge in [0.05, 0.1) is 6.21 Å². The molecule has 0 heterocycles. The van der Waals surface area contributed by atoms with Gasteiger partial charge in [0.15, 0.2) is 5.11 Å². The Morgan fingerprint density at radius 2 is 1.77 bits per heavy atom. The fourth-order valence-corrected chi connectivity index (χ4v) is 3.56. The maximum Gasteiger partial charge on any atom is 0.339 e. The second-order valence-electron chi connectivity index (χ2n) is 6.46. The van der Waals surface area contributed by atoms with Crippen LogP contribution in [0.25, 0.3) is 0 Å². The van der Waals surface area contributed by atoms with Gasteiger partial charge in [0.25, 0.3) is 0 Å². The number of thiocarbonyl (C=S) groups is 1. The SMILES string of the molecule is Cc1ccc(S(=O)(=O)Oc2cccc(C=NNC(=S)NCc3ccccc3)c2)cc1. The van der Waals surface area contributed by atoms with Crippen LogP contribution in [0.15, 0.2) is 88.9 Å². The maximum atomic E-state index is 12.4. The van der Waals surface area contributed by atoms with Crippen LogP contribution in [0.3, 0.4) is 0 Å². The van der Waals surface area contributed by atoms with Crippen LogP contribution in [0.4, 0.5) is 0 Å². The first-order valence-corrected chi connectivity index (χ1v) is 11.0. The summed E-state index contributed by atoms with van der Waals surface area (Å²) in [5.41, 5.74) is 5.46. The molecular weight excluding hydrogens is 418 g/mol. The molecule has 30 heavy (non-hydrogen) atoms. The topological polar surface area (TPSA) is 79.8 Å². The zero-order valence-corrected chi connectivity index (χ0v) is 17.9. The van der Waals surface area contributed by atoms with Crippen LogP contribution in [-0.2, 0) is 16.7 Å². The Labute approximate surface area is 181 Å². The zero-order valence-electron chi connectivity index (χ0n) is 16.3. The summed E-state index contributed by atoms with van der Waals surface area (Å²) in [6.07, 6.45) is 1.53. The van der Waals surface area contributed by atoms with E-state index in [0.717, 1.165) is 11.1 Å². The lowest BCUT2D eigenvalue weighted by molar-refractivity contribution is 0.486. The zero-order chi connectivity index (χ0) is 21.4. The summed E-state index contributed by atoms with van der Waals surface area (Å²) in [6, 6.07) is 23.0. The Bertz CT molecular complexity index is 1130. The van der Waals surface area contributed by atoms with E-state index in [-0.39, 0.29) is 10.6 Å². The monoisotopic (exact) mass is 439 g/mol. The van der Waals surface area contributed by atoms with Gasteiger partial charge in [0.2, 0.25) is 0 Å². The quantitative estimate of drug-likeness (QED) is 0.253. The molecule has 0 aliphatic heterocycles. The minimum Gasteiger partial charge on any atom is -0.379 e. The number of nitrogens with one attached hydrogen (secondary N) is 2. The van der Waals surface area contributed by atoms with E-state index in [2.05, 4.69) is 15.8 Å². The largest absolute Gasteiger partial charge is 0.379 e. The number of hydrogen-bond acceptors (Lipinski definition) is 5. The minimum atomic E-state index is -3.91. The normalized spacial score (nSPS) is 11.2. The van der Waals surface area contributed by atoms with Crippen LogP contribution in [0.5, 0.6) is 5.75 Å². The van der Waals surface area contributed by atoms with E-state index in [1.165, 1.54) is 18.3 Å². The van der Waals surface area contributed by atoms with Gasteiger partial charge in [-0.25, -0.2) is 0 Å². The van der Waals surface area contributed by atoms with Gasteiger partial charge < -0.3 is 9.50 Å². The van der Waals surface area contributed by atoms with E-state index < -0.39 is 10.1 Å². The molecule has 0 aromatic heterocycles. The molecule has 0 unspecified atom stereocenters. The third kappa shape index (κ3) is 6.40. The van der Waals surface area contributed by atoms with Crippen LogP contribution in [0.1, 0.15) is 16.7 Å². The van der Waals surface area contributed by atoms with Gasteiger partial charge >= 0.3 is 10.1 Å². The summed E-state index contributed by atoms with van der Waals surface area (Å²) in [6.45, 7) is 2.47. The second kappa shape index (κ2) is 10.00. The predicted octanol–water partition coefficient (Wildman–Crippen LogP) is 3.76. The molecule has 3 aromatic rings. The second-order valence-corrected chi connectivity index (χ2v) is 8.42. The molecule has 0 atom stereocenters. The van der Waals surface area contributed by atoms with Gasteiger partial charge in [-0.05, 0) is 54.5 Å². The third-order valence-corrected chi connectivity index (χ3v) is 5.55. The highest BCUT2D eigenvalue weighted by Gasteiger charge is 2.16. The molecule has 8 heteroatoms. The highest BCUT2D eigenvalue weighted by Crippen LogP contribution is 2.19. The molecule has 3 aromatic carbocycles. The van der Waals surface area contributed by atoms with E-state index in [9.17, 15) is 8.42 Å². The lowest BCUT2D eigenvalue weighted by Crippen LogP contribution is -2.31. The lowest BCUT2D eigenvalue weighted by Gasteiger charge is -2.08. The standard InChI is InChI=1S/C22H21N3O3S2/c1-17-10-12-21(13-11-17)30(26,27)28-20-9-5-8-19(14-20)16-24-25-22(29)23-15-18-6-3-2-4-7-18/h2-14,16H,15H2,1H3,(H2,23,25,29). The van der Waals surface area contributed by atoms with Crippen LogP contribution in [0, 0.1) is 6.92 Å². The summed E-state index contributed by atoms with van der Waals surface area (Å²) < 4.78 is 30.1. The number of benzene rings is 3. The van der Waals surface area contributed by atoms with Gasteiger partial charge in [-0.3, -0.25) is 5.43 Å². The van der Waals surface area contributed by atoms with Crippen LogP contribution >= 0.6 is 12.2 Å². The molecule has 0 saturated carbocycles. The molecular formula is C22H21N3O3S2. The smallest absolute Gasteiger partial charge is 0.339 e. The van der Waals surface area contributed by atoms with Gasteiger partial charge in [-0.1, -0.05) is 60.2 Å². The first-order valence-electron chi connectivity index (χ1n) is 9.14. The molecule has 3 rings (SSSR count). The number of hydrogen-bond donors (Lipinski definition) is 2. The molecule has 154 valence electrons. The van der Waals surface area contributed by atoms with Gasteiger partial charge in [-0.15, -0.1) is 0 Å². The molecule has 0 saturated heterocycles. The average molecular weight is 440 g/mol. The molecule has 0 aliphatic rings. The van der Waals surface area contributed by atoms with E-state index in [0.29, 0.717) is 17.2 Å². The van der Waals surface area contributed by atoms with Crippen molar-refractivity contribution in [3.05, 3.63) is 95.6 Å². The van der Waals surface area contributed by atoms with E-state index in [4.69, 9.17) is 16.4 Å². The first kappa shape index (κ1) is 21.5. The van der Waals surface area contributed by atoms with Crippen molar-refractivity contribution in [1.82, 2.24) is 10.7 Å². The number of aryl methyl sites for hydroxylation is 1. The summed E-state index contributed by atoms with van der Waals surface area (Å²) >= 11 is 5.19. The fraction of sp³-hybridized carbons (Fsp3) is 0.0909. The Balaban J connectivity index is 1.57.